The number of anilines is 2. The maximum atomic E-state index is 5.96. The summed E-state index contributed by atoms with van der Waals surface area (Å²) in [6.07, 6.45) is 0. The molecule has 1 aromatic heterocycles. The molecule has 2 aliphatic heterocycles. The third kappa shape index (κ3) is 2.73. The van der Waals surface area contributed by atoms with Crippen molar-refractivity contribution >= 4 is 22.8 Å². The van der Waals surface area contributed by atoms with Gasteiger partial charge in [-0.15, -0.1) is 0 Å². The molecule has 0 N–H and O–H groups in total. The summed E-state index contributed by atoms with van der Waals surface area (Å²) >= 11 is 0. The Kier molecular flexibility index (Phi) is 3.57. The second-order valence-corrected chi connectivity index (χ2v) is 6.36. The van der Waals surface area contributed by atoms with Crippen LogP contribution in [-0.4, -0.2) is 42.9 Å². The lowest BCUT2D eigenvalue weighted by Crippen LogP contribution is -2.35. The maximum absolute atomic E-state index is 5.96. The van der Waals surface area contributed by atoms with Crippen molar-refractivity contribution in [3.63, 3.8) is 0 Å². The van der Waals surface area contributed by atoms with E-state index in [2.05, 4.69) is 22.0 Å². The Morgan fingerprint density at radius 2 is 1.92 bits per heavy atom. The molecule has 0 bridgehead atoms. The molecule has 128 valence electrons. The Labute approximate surface area is 145 Å². The highest BCUT2D eigenvalue weighted by Gasteiger charge is 2.25. The first-order valence-electron chi connectivity index (χ1n) is 8.56. The second-order valence-electron chi connectivity index (χ2n) is 6.36. The SMILES string of the molecule is c1ccc2c(c1)OCN2c1nc2cc(CN3CCOCC3)ccc2o1. The first-order chi connectivity index (χ1) is 12.4. The normalized spacial score (nSPS) is 17.7. The summed E-state index contributed by atoms with van der Waals surface area (Å²) < 4.78 is 17.1. The van der Waals surface area contributed by atoms with Gasteiger partial charge in [-0.25, -0.2) is 0 Å². The Balaban J connectivity index is 1.42. The third-order valence-electron chi connectivity index (χ3n) is 4.69. The van der Waals surface area contributed by atoms with Crippen molar-refractivity contribution in [2.45, 2.75) is 6.54 Å². The van der Waals surface area contributed by atoms with Crippen LogP contribution in [0.1, 0.15) is 5.56 Å². The summed E-state index contributed by atoms with van der Waals surface area (Å²) in [5.74, 6) is 0.859. The zero-order chi connectivity index (χ0) is 16.6. The molecule has 3 heterocycles. The van der Waals surface area contributed by atoms with Crippen molar-refractivity contribution in [2.24, 2.45) is 0 Å². The molecular weight excluding hydrogens is 318 g/mol. The third-order valence-corrected chi connectivity index (χ3v) is 4.69. The Bertz CT molecular complexity index is 902. The molecule has 2 aliphatic rings. The van der Waals surface area contributed by atoms with Crippen molar-refractivity contribution < 1.29 is 13.9 Å². The van der Waals surface area contributed by atoms with E-state index in [1.807, 2.05) is 35.2 Å². The van der Waals surface area contributed by atoms with Crippen molar-refractivity contribution in [2.75, 3.05) is 37.9 Å². The summed E-state index contributed by atoms with van der Waals surface area (Å²) in [7, 11) is 0. The van der Waals surface area contributed by atoms with E-state index >= 15 is 0 Å². The number of para-hydroxylation sites is 2. The molecular formula is C19H19N3O3. The number of nitrogens with zero attached hydrogens (tertiary/aromatic N) is 3. The van der Waals surface area contributed by atoms with Gasteiger partial charge in [-0.1, -0.05) is 18.2 Å². The average Bonchev–Trinajstić information content (AvgIpc) is 3.26. The van der Waals surface area contributed by atoms with Gasteiger partial charge in [0.1, 0.15) is 11.3 Å². The Morgan fingerprint density at radius 3 is 2.84 bits per heavy atom. The molecule has 0 radical (unpaired) electrons. The molecule has 0 saturated carbocycles. The Morgan fingerprint density at radius 1 is 1.04 bits per heavy atom. The van der Waals surface area contributed by atoms with Crippen molar-refractivity contribution in [3.8, 4) is 5.75 Å². The van der Waals surface area contributed by atoms with Crippen LogP contribution < -0.4 is 9.64 Å². The molecule has 0 spiro atoms. The van der Waals surface area contributed by atoms with Gasteiger partial charge in [-0.3, -0.25) is 9.80 Å². The minimum atomic E-state index is 0.423. The second kappa shape index (κ2) is 6.06. The number of fused-ring (bicyclic) bond motifs is 2. The lowest BCUT2D eigenvalue weighted by molar-refractivity contribution is 0.0342. The number of oxazole rings is 1. The van der Waals surface area contributed by atoms with E-state index in [1.165, 1.54) is 5.56 Å². The predicted molar refractivity (Wildman–Crippen MR) is 94.2 cm³/mol. The van der Waals surface area contributed by atoms with Crippen LogP contribution in [0.2, 0.25) is 0 Å². The molecule has 1 fully saturated rings. The molecule has 0 amide bonds. The average molecular weight is 337 g/mol. The van der Waals surface area contributed by atoms with Crippen LogP contribution in [0.25, 0.3) is 11.1 Å². The van der Waals surface area contributed by atoms with Gasteiger partial charge < -0.3 is 13.9 Å². The van der Waals surface area contributed by atoms with Crippen molar-refractivity contribution in [3.05, 3.63) is 48.0 Å². The zero-order valence-electron chi connectivity index (χ0n) is 13.9. The first-order valence-corrected chi connectivity index (χ1v) is 8.56. The number of rotatable bonds is 3. The van der Waals surface area contributed by atoms with Gasteiger partial charge in [0, 0.05) is 19.6 Å². The lowest BCUT2D eigenvalue weighted by atomic mass is 10.2. The zero-order valence-corrected chi connectivity index (χ0v) is 13.9. The van der Waals surface area contributed by atoms with E-state index in [0.717, 1.165) is 55.4 Å². The van der Waals surface area contributed by atoms with Crippen LogP contribution in [0.5, 0.6) is 5.75 Å². The number of hydrogen-bond acceptors (Lipinski definition) is 6. The number of benzene rings is 2. The van der Waals surface area contributed by atoms with E-state index in [0.29, 0.717) is 12.7 Å². The number of morpholine rings is 1. The topological polar surface area (TPSA) is 51.0 Å². The Hall–Kier alpha value is -2.57. The molecule has 2 aromatic carbocycles. The molecule has 0 aliphatic carbocycles. The summed E-state index contributed by atoms with van der Waals surface area (Å²) in [6, 6.07) is 14.7. The molecule has 0 unspecified atom stereocenters. The highest BCUT2D eigenvalue weighted by Crippen LogP contribution is 2.39. The fourth-order valence-corrected chi connectivity index (χ4v) is 3.36. The monoisotopic (exact) mass is 337 g/mol. The quantitative estimate of drug-likeness (QED) is 0.732. The van der Waals surface area contributed by atoms with Crippen LogP contribution in [0.3, 0.4) is 0 Å². The fourth-order valence-electron chi connectivity index (χ4n) is 3.36. The first kappa shape index (κ1) is 14.7. The van der Waals surface area contributed by atoms with Gasteiger partial charge in [0.25, 0.3) is 0 Å². The van der Waals surface area contributed by atoms with Gasteiger partial charge in [0.15, 0.2) is 12.3 Å². The fraction of sp³-hybridized carbons (Fsp3) is 0.316. The van der Waals surface area contributed by atoms with Gasteiger partial charge >= 0.3 is 6.01 Å². The van der Waals surface area contributed by atoms with E-state index in [4.69, 9.17) is 13.9 Å². The summed E-state index contributed by atoms with van der Waals surface area (Å²) in [6.45, 7) is 4.91. The molecule has 25 heavy (non-hydrogen) atoms. The summed E-state index contributed by atoms with van der Waals surface area (Å²) in [5, 5.41) is 0. The summed E-state index contributed by atoms with van der Waals surface area (Å²) in [4.78, 5) is 9.04. The van der Waals surface area contributed by atoms with E-state index < -0.39 is 0 Å². The molecule has 0 atom stereocenters. The highest BCUT2D eigenvalue weighted by molar-refractivity contribution is 5.77. The van der Waals surface area contributed by atoms with Gasteiger partial charge in [-0.05, 0) is 29.8 Å². The minimum absolute atomic E-state index is 0.423. The molecule has 3 aromatic rings. The van der Waals surface area contributed by atoms with E-state index in [9.17, 15) is 0 Å². The molecule has 6 heteroatoms. The smallest absolute Gasteiger partial charge is 0.305 e. The molecule has 6 nitrogen and oxygen atoms in total. The van der Waals surface area contributed by atoms with Crippen LogP contribution in [0, 0.1) is 0 Å². The number of aromatic nitrogens is 1. The van der Waals surface area contributed by atoms with Gasteiger partial charge in [0.05, 0.1) is 18.9 Å². The van der Waals surface area contributed by atoms with Crippen molar-refractivity contribution in [1.29, 1.82) is 0 Å². The van der Waals surface area contributed by atoms with Crippen LogP contribution in [0.15, 0.2) is 46.9 Å². The largest absolute Gasteiger partial charge is 0.470 e. The van der Waals surface area contributed by atoms with Crippen LogP contribution in [0.4, 0.5) is 11.7 Å². The minimum Gasteiger partial charge on any atom is -0.470 e. The maximum Gasteiger partial charge on any atom is 0.305 e. The van der Waals surface area contributed by atoms with Crippen LogP contribution in [-0.2, 0) is 11.3 Å². The number of hydrogen-bond donors (Lipinski definition) is 0. The van der Waals surface area contributed by atoms with E-state index in [1.54, 1.807) is 0 Å². The van der Waals surface area contributed by atoms with Crippen molar-refractivity contribution in [1.82, 2.24) is 9.88 Å². The van der Waals surface area contributed by atoms with E-state index in [-0.39, 0.29) is 0 Å². The van der Waals surface area contributed by atoms with Gasteiger partial charge in [-0.2, -0.15) is 4.98 Å². The molecule has 1 saturated heterocycles. The van der Waals surface area contributed by atoms with Gasteiger partial charge in [0.2, 0.25) is 0 Å². The molecule has 5 rings (SSSR count). The van der Waals surface area contributed by atoms with Crippen LogP contribution >= 0.6 is 0 Å². The highest BCUT2D eigenvalue weighted by atomic mass is 16.5. The lowest BCUT2D eigenvalue weighted by Gasteiger charge is -2.26. The predicted octanol–water partition coefficient (Wildman–Crippen LogP) is 3.15. The standard InChI is InChI=1S/C19H19N3O3/c1-2-4-18-16(3-1)22(13-24-18)19-20-15-11-14(5-6-17(15)25-19)12-21-7-9-23-10-8-21/h1-6,11H,7-10,12-13H2. The number of ether oxygens (including phenoxy) is 2. The summed E-state index contributed by atoms with van der Waals surface area (Å²) in [5.41, 5.74) is 3.91.